The highest BCUT2D eigenvalue weighted by molar-refractivity contribution is 5.92. The SMILES string of the molecule is NC(=O)/N=C/c1cc(N=Nc2ccccc2[N+](=O)[O-])ccc1O. The molecular weight excluding hydrogens is 302 g/mol. The second-order valence-electron chi connectivity index (χ2n) is 4.29. The summed E-state index contributed by atoms with van der Waals surface area (Å²) in [5, 5.41) is 28.2. The lowest BCUT2D eigenvalue weighted by Gasteiger charge is -2.00. The van der Waals surface area contributed by atoms with E-state index in [0.717, 1.165) is 6.21 Å². The summed E-state index contributed by atoms with van der Waals surface area (Å²) in [6, 6.07) is 9.18. The fourth-order valence-corrected chi connectivity index (χ4v) is 1.66. The molecule has 0 atom stereocenters. The van der Waals surface area contributed by atoms with Crippen LogP contribution in [0.25, 0.3) is 0 Å². The third-order valence-electron chi connectivity index (χ3n) is 2.69. The molecule has 2 aromatic rings. The number of nitro groups is 1. The van der Waals surface area contributed by atoms with Crippen molar-refractivity contribution >= 4 is 29.3 Å². The van der Waals surface area contributed by atoms with E-state index in [1.807, 2.05) is 0 Å². The van der Waals surface area contributed by atoms with Crippen molar-refractivity contribution in [3.05, 3.63) is 58.1 Å². The highest BCUT2D eigenvalue weighted by Crippen LogP contribution is 2.29. The average molecular weight is 313 g/mol. The van der Waals surface area contributed by atoms with E-state index in [0.29, 0.717) is 5.69 Å². The molecule has 0 fully saturated rings. The Hall–Kier alpha value is -3.62. The number of carbonyl (C=O) groups is 1. The number of amides is 2. The number of primary amides is 1. The molecule has 2 amide bonds. The van der Waals surface area contributed by atoms with Crippen LogP contribution < -0.4 is 5.73 Å². The number of benzene rings is 2. The standard InChI is InChI=1S/C14H11N5O4/c15-14(21)16-8-9-7-10(5-6-13(9)20)17-18-11-3-1-2-4-12(11)19(22)23/h1-8,20H,(H2,15,21)/b16-8+,18-17?. The predicted molar refractivity (Wildman–Crippen MR) is 82.6 cm³/mol. The van der Waals surface area contributed by atoms with Crippen molar-refractivity contribution in [2.75, 3.05) is 0 Å². The first-order valence-electron chi connectivity index (χ1n) is 6.29. The summed E-state index contributed by atoms with van der Waals surface area (Å²) in [7, 11) is 0. The maximum Gasteiger partial charge on any atom is 0.338 e. The number of nitrogens with two attached hydrogens (primary N) is 1. The summed E-state index contributed by atoms with van der Waals surface area (Å²) < 4.78 is 0. The second-order valence-corrected chi connectivity index (χ2v) is 4.29. The number of nitro benzene ring substituents is 1. The molecule has 9 heteroatoms. The zero-order valence-corrected chi connectivity index (χ0v) is 11.7. The zero-order chi connectivity index (χ0) is 16.8. The minimum absolute atomic E-state index is 0.0953. The Bertz CT molecular complexity index is 817. The minimum Gasteiger partial charge on any atom is -0.507 e. The fourth-order valence-electron chi connectivity index (χ4n) is 1.66. The molecule has 23 heavy (non-hydrogen) atoms. The summed E-state index contributed by atoms with van der Waals surface area (Å²) in [5.41, 5.74) is 5.33. The Morgan fingerprint density at radius 1 is 1.22 bits per heavy atom. The van der Waals surface area contributed by atoms with Gasteiger partial charge in [-0.15, -0.1) is 5.11 Å². The number of urea groups is 1. The van der Waals surface area contributed by atoms with Crippen molar-refractivity contribution in [3.8, 4) is 5.75 Å². The van der Waals surface area contributed by atoms with Crippen LogP contribution in [-0.2, 0) is 0 Å². The van der Waals surface area contributed by atoms with Gasteiger partial charge in [0.15, 0.2) is 5.69 Å². The quantitative estimate of drug-likeness (QED) is 0.386. The van der Waals surface area contributed by atoms with Crippen molar-refractivity contribution in [1.82, 2.24) is 0 Å². The Morgan fingerprint density at radius 2 is 1.96 bits per heavy atom. The van der Waals surface area contributed by atoms with E-state index in [-0.39, 0.29) is 22.7 Å². The average Bonchev–Trinajstić information content (AvgIpc) is 2.53. The fraction of sp³-hybridized carbons (Fsp3) is 0. The van der Waals surface area contributed by atoms with Crippen LogP contribution in [0.1, 0.15) is 5.56 Å². The highest BCUT2D eigenvalue weighted by Gasteiger charge is 2.11. The summed E-state index contributed by atoms with van der Waals surface area (Å²) in [5.74, 6) is -0.125. The number of phenols is 1. The number of rotatable bonds is 4. The second kappa shape index (κ2) is 6.89. The molecule has 0 radical (unpaired) electrons. The molecule has 0 saturated carbocycles. The largest absolute Gasteiger partial charge is 0.507 e. The minimum atomic E-state index is -0.906. The molecule has 0 unspecified atom stereocenters. The van der Waals surface area contributed by atoms with Gasteiger partial charge in [-0.1, -0.05) is 12.1 Å². The number of aliphatic imine (C=N–C) groups is 1. The van der Waals surface area contributed by atoms with Gasteiger partial charge in [0.1, 0.15) is 5.75 Å². The molecule has 0 saturated heterocycles. The van der Waals surface area contributed by atoms with Gasteiger partial charge in [0, 0.05) is 17.8 Å². The number of azo groups is 1. The Morgan fingerprint density at radius 3 is 2.65 bits per heavy atom. The molecule has 9 nitrogen and oxygen atoms in total. The number of carbonyl (C=O) groups excluding carboxylic acids is 1. The van der Waals surface area contributed by atoms with E-state index in [4.69, 9.17) is 5.73 Å². The third kappa shape index (κ3) is 4.17. The molecule has 0 aromatic heterocycles. The van der Waals surface area contributed by atoms with Crippen LogP contribution >= 0.6 is 0 Å². The van der Waals surface area contributed by atoms with Gasteiger partial charge in [-0.05, 0) is 24.3 Å². The van der Waals surface area contributed by atoms with Crippen molar-refractivity contribution in [2.45, 2.75) is 0 Å². The summed E-state index contributed by atoms with van der Waals surface area (Å²) in [6.45, 7) is 0. The van der Waals surface area contributed by atoms with Crippen molar-refractivity contribution in [3.63, 3.8) is 0 Å². The van der Waals surface area contributed by atoms with Crippen LogP contribution in [-0.4, -0.2) is 22.3 Å². The molecule has 0 spiro atoms. The van der Waals surface area contributed by atoms with Gasteiger partial charge in [-0.2, -0.15) is 5.11 Å². The number of phenolic OH excluding ortho intramolecular Hbond substituents is 1. The van der Waals surface area contributed by atoms with Gasteiger partial charge in [-0.3, -0.25) is 10.1 Å². The van der Waals surface area contributed by atoms with Crippen molar-refractivity contribution in [1.29, 1.82) is 0 Å². The van der Waals surface area contributed by atoms with Crippen LogP contribution in [0, 0.1) is 10.1 Å². The Labute approximate surface area is 130 Å². The molecule has 0 heterocycles. The van der Waals surface area contributed by atoms with Crippen LogP contribution in [0.4, 0.5) is 21.9 Å². The Balaban J connectivity index is 2.32. The van der Waals surface area contributed by atoms with E-state index in [2.05, 4.69) is 15.2 Å². The van der Waals surface area contributed by atoms with Crippen molar-refractivity contribution in [2.24, 2.45) is 21.0 Å². The van der Waals surface area contributed by atoms with Gasteiger partial charge >= 0.3 is 6.03 Å². The molecule has 116 valence electrons. The first-order chi connectivity index (χ1) is 11.0. The normalized spacial score (nSPS) is 11.1. The first kappa shape index (κ1) is 15.8. The maximum absolute atomic E-state index is 10.9. The molecule has 0 aliphatic carbocycles. The van der Waals surface area contributed by atoms with Crippen LogP contribution in [0.5, 0.6) is 5.75 Å². The van der Waals surface area contributed by atoms with Crippen LogP contribution in [0.3, 0.4) is 0 Å². The number of aromatic hydroxyl groups is 1. The molecule has 2 rings (SSSR count). The number of hydrogen-bond donors (Lipinski definition) is 2. The molecule has 0 aliphatic heterocycles. The highest BCUT2D eigenvalue weighted by atomic mass is 16.6. The van der Waals surface area contributed by atoms with Gasteiger partial charge in [0.2, 0.25) is 0 Å². The number of para-hydroxylation sites is 1. The summed E-state index contributed by atoms with van der Waals surface area (Å²) in [6.07, 6.45) is 1.08. The van der Waals surface area contributed by atoms with Gasteiger partial charge in [-0.25, -0.2) is 9.79 Å². The zero-order valence-electron chi connectivity index (χ0n) is 11.7. The van der Waals surface area contributed by atoms with E-state index < -0.39 is 11.0 Å². The van der Waals surface area contributed by atoms with E-state index in [1.165, 1.54) is 36.4 Å². The third-order valence-corrected chi connectivity index (χ3v) is 2.69. The lowest BCUT2D eigenvalue weighted by molar-refractivity contribution is -0.384. The molecule has 0 bridgehead atoms. The molecule has 0 aliphatic rings. The first-order valence-corrected chi connectivity index (χ1v) is 6.29. The van der Waals surface area contributed by atoms with Crippen LogP contribution in [0.15, 0.2) is 57.7 Å². The lowest BCUT2D eigenvalue weighted by atomic mass is 10.2. The predicted octanol–water partition coefficient (Wildman–Crippen LogP) is 3.21. The lowest BCUT2D eigenvalue weighted by Crippen LogP contribution is -2.04. The number of nitrogens with zero attached hydrogens (tertiary/aromatic N) is 4. The summed E-state index contributed by atoms with van der Waals surface area (Å²) >= 11 is 0. The maximum atomic E-state index is 10.9. The van der Waals surface area contributed by atoms with Gasteiger partial charge in [0.25, 0.3) is 5.69 Å². The Kier molecular flexibility index (Phi) is 4.72. The smallest absolute Gasteiger partial charge is 0.338 e. The molecule has 2 aromatic carbocycles. The van der Waals surface area contributed by atoms with Crippen molar-refractivity contribution < 1.29 is 14.8 Å². The molecular formula is C14H11N5O4. The van der Waals surface area contributed by atoms with Gasteiger partial charge in [0.05, 0.1) is 10.6 Å². The monoisotopic (exact) mass is 313 g/mol. The van der Waals surface area contributed by atoms with E-state index >= 15 is 0 Å². The molecule has 3 N–H and O–H groups in total. The van der Waals surface area contributed by atoms with Crippen LogP contribution in [0.2, 0.25) is 0 Å². The van der Waals surface area contributed by atoms with Gasteiger partial charge < -0.3 is 10.8 Å². The number of hydrogen-bond acceptors (Lipinski definition) is 6. The topological polar surface area (TPSA) is 144 Å². The van der Waals surface area contributed by atoms with E-state index in [1.54, 1.807) is 6.07 Å². The summed E-state index contributed by atoms with van der Waals surface area (Å²) in [4.78, 5) is 24.3. The van der Waals surface area contributed by atoms with E-state index in [9.17, 15) is 20.0 Å².